The van der Waals surface area contributed by atoms with Crippen LogP contribution < -0.4 is 11.1 Å². The first-order valence-corrected chi connectivity index (χ1v) is 11.5. The molecule has 5 rings (SSSR count). The van der Waals surface area contributed by atoms with Crippen molar-refractivity contribution in [1.82, 2.24) is 19.7 Å². The molecule has 3 saturated heterocycles. The van der Waals surface area contributed by atoms with Crippen molar-refractivity contribution in [3.8, 4) is 11.3 Å². The number of fused-ring (bicyclic) bond motifs is 1. The first-order valence-electron chi connectivity index (χ1n) is 11.5. The molecule has 4 heterocycles. The predicted molar refractivity (Wildman–Crippen MR) is 124 cm³/mol. The van der Waals surface area contributed by atoms with E-state index in [1.807, 2.05) is 4.90 Å². The van der Waals surface area contributed by atoms with Crippen molar-refractivity contribution in [1.29, 1.82) is 0 Å². The number of urea groups is 1. The van der Waals surface area contributed by atoms with E-state index in [2.05, 4.69) is 27.1 Å². The average molecular weight is 439 g/mol. The van der Waals surface area contributed by atoms with Gasteiger partial charge in [-0.15, -0.1) is 0 Å². The third-order valence-electron chi connectivity index (χ3n) is 7.30. The lowest BCUT2D eigenvalue weighted by Gasteiger charge is -2.35. The number of nitrogen functional groups attached to an aromatic ring is 1. The zero-order valence-corrected chi connectivity index (χ0v) is 18.5. The maximum atomic E-state index is 13.2. The summed E-state index contributed by atoms with van der Waals surface area (Å²) in [6.45, 7) is 6.08. The molecule has 1 aromatic carbocycles. The molecular weight excluding hydrogens is 407 g/mol. The molecule has 0 saturated carbocycles. The Morgan fingerprint density at radius 3 is 2.34 bits per heavy atom. The number of carbonyl (C=O) groups excluding carboxylic acids is 1. The summed E-state index contributed by atoms with van der Waals surface area (Å²) in [6, 6.07) is 10.1. The molecule has 2 atom stereocenters. The molecule has 2 unspecified atom stereocenters. The van der Waals surface area contributed by atoms with Crippen molar-refractivity contribution in [2.75, 3.05) is 57.4 Å². The van der Waals surface area contributed by atoms with Gasteiger partial charge >= 0.3 is 6.03 Å². The minimum atomic E-state index is -0.299. The number of aromatic nitrogens is 1. The molecule has 3 N–H and O–H groups in total. The van der Waals surface area contributed by atoms with Gasteiger partial charge in [0.2, 0.25) is 0 Å². The lowest BCUT2D eigenvalue weighted by atomic mass is 10.0. The zero-order chi connectivity index (χ0) is 22.2. The highest BCUT2D eigenvalue weighted by atomic mass is 19.1. The fourth-order valence-corrected chi connectivity index (χ4v) is 5.39. The van der Waals surface area contributed by atoms with Gasteiger partial charge in [-0.25, -0.2) is 14.2 Å². The molecule has 170 valence electrons. The third-order valence-corrected chi connectivity index (χ3v) is 7.30. The summed E-state index contributed by atoms with van der Waals surface area (Å²) in [6.07, 6.45) is 2.49. The van der Waals surface area contributed by atoms with Gasteiger partial charge in [0, 0.05) is 37.8 Å². The van der Waals surface area contributed by atoms with Crippen molar-refractivity contribution in [2.45, 2.75) is 18.9 Å². The molecule has 0 radical (unpaired) electrons. The smallest absolute Gasteiger partial charge is 0.323 e. The van der Waals surface area contributed by atoms with Crippen molar-refractivity contribution in [2.24, 2.45) is 11.8 Å². The maximum Gasteiger partial charge on any atom is 0.323 e. The number of hydrogen-bond acceptors (Lipinski definition) is 5. The Morgan fingerprint density at radius 2 is 1.69 bits per heavy atom. The Labute approximate surface area is 188 Å². The maximum absolute atomic E-state index is 13.2. The molecule has 0 spiro atoms. The first-order chi connectivity index (χ1) is 15.5. The van der Waals surface area contributed by atoms with E-state index in [0.29, 0.717) is 35.1 Å². The monoisotopic (exact) mass is 438 g/mol. The van der Waals surface area contributed by atoms with Gasteiger partial charge in [-0.3, -0.25) is 10.2 Å². The zero-order valence-electron chi connectivity index (χ0n) is 18.5. The van der Waals surface area contributed by atoms with Crippen molar-refractivity contribution < 1.29 is 9.18 Å². The number of nitrogens with one attached hydrogen (secondary N) is 1. The minimum absolute atomic E-state index is 0.152. The second-order valence-electron chi connectivity index (χ2n) is 9.48. The van der Waals surface area contributed by atoms with Gasteiger partial charge < -0.3 is 15.5 Å². The Kier molecular flexibility index (Phi) is 5.73. The van der Waals surface area contributed by atoms with Crippen LogP contribution in [0, 0.1) is 17.7 Å². The van der Waals surface area contributed by atoms with Gasteiger partial charge in [0.05, 0.1) is 11.4 Å². The van der Waals surface area contributed by atoms with Crippen LogP contribution in [0.1, 0.15) is 12.8 Å². The number of hydrogen-bond donors (Lipinski definition) is 2. The van der Waals surface area contributed by atoms with Crippen LogP contribution in [0.2, 0.25) is 0 Å². The number of piperidine rings is 1. The van der Waals surface area contributed by atoms with E-state index in [1.54, 1.807) is 24.3 Å². The molecule has 0 aliphatic carbocycles. The van der Waals surface area contributed by atoms with Gasteiger partial charge in [0.1, 0.15) is 5.82 Å². The molecule has 3 fully saturated rings. The fourth-order valence-electron chi connectivity index (χ4n) is 5.39. The van der Waals surface area contributed by atoms with Crippen LogP contribution in [0.15, 0.2) is 36.4 Å². The number of halogens is 1. The van der Waals surface area contributed by atoms with Gasteiger partial charge in [-0.2, -0.15) is 0 Å². The van der Waals surface area contributed by atoms with E-state index in [9.17, 15) is 9.18 Å². The highest BCUT2D eigenvalue weighted by Gasteiger charge is 2.43. The molecular formula is C24H31FN6O. The second-order valence-corrected chi connectivity index (χ2v) is 9.48. The van der Waals surface area contributed by atoms with Crippen molar-refractivity contribution in [3.05, 3.63) is 42.2 Å². The standard InChI is InChI=1S/C24H31FN6O/c1-29-10-8-20(9-11-29)30-12-17-14-31(15-18(17)13-30)24(32)28-23-21(26)6-7-22(27-23)16-2-4-19(25)5-3-16/h2-7,17-18,20H,8-15,26H2,1H3,(H,27,28,32). The van der Waals surface area contributed by atoms with Crippen LogP contribution >= 0.6 is 0 Å². The fraction of sp³-hybridized carbons (Fsp3) is 0.500. The number of anilines is 2. The summed E-state index contributed by atoms with van der Waals surface area (Å²) in [5, 5.41) is 2.90. The third kappa shape index (κ3) is 4.29. The topological polar surface area (TPSA) is 77.7 Å². The average Bonchev–Trinajstić information content (AvgIpc) is 3.36. The molecule has 0 bridgehead atoms. The summed E-state index contributed by atoms with van der Waals surface area (Å²) in [5.74, 6) is 1.13. The molecule has 8 heteroatoms. The molecule has 3 aliphatic heterocycles. The predicted octanol–water partition coefficient (Wildman–Crippen LogP) is 2.96. The summed E-state index contributed by atoms with van der Waals surface area (Å²) in [4.78, 5) is 24.4. The van der Waals surface area contributed by atoms with Gasteiger partial charge in [0.25, 0.3) is 0 Å². The number of carbonyl (C=O) groups is 1. The van der Waals surface area contributed by atoms with E-state index < -0.39 is 0 Å². The number of likely N-dealkylation sites (tertiary alicyclic amines) is 3. The Bertz CT molecular complexity index is 961. The van der Waals surface area contributed by atoms with Crippen LogP contribution in [-0.2, 0) is 0 Å². The van der Waals surface area contributed by atoms with E-state index in [4.69, 9.17) is 5.73 Å². The number of nitrogens with two attached hydrogens (primary N) is 1. The summed E-state index contributed by atoms with van der Waals surface area (Å²) in [7, 11) is 2.20. The number of nitrogens with zero attached hydrogens (tertiary/aromatic N) is 4. The van der Waals surface area contributed by atoms with Gasteiger partial charge in [-0.05, 0) is 81.2 Å². The van der Waals surface area contributed by atoms with E-state index in [-0.39, 0.29) is 11.8 Å². The number of rotatable bonds is 3. The normalized spacial score (nSPS) is 24.6. The molecule has 2 amide bonds. The highest BCUT2D eigenvalue weighted by molar-refractivity contribution is 5.92. The molecule has 2 aromatic rings. The van der Waals surface area contributed by atoms with Crippen molar-refractivity contribution >= 4 is 17.5 Å². The van der Waals surface area contributed by atoms with Gasteiger partial charge in [0.15, 0.2) is 5.82 Å². The number of pyridine rings is 1. The lowest BCUT2D eigenvalue weighted by molar-refractivity contribution is 0.131. The van der Waals surface area contributed by atoms with E-state index in [1.165, 1.54) is 38.1 Å². The molecule has 32 heavy (non-hydrogen) atoms. The van der Waals surface area contributed by atoms with E-state index in [0.717, 1.165) is 31.7 Å². The molecule has 3 aliphatic rings. The summed E-state index contributed by atoms with van der Waals surface area (Å²) in [5.41, 5.74) is 7.90. The first kappa shape index (κ1) is 21.2. The molecule has 7 nitrogen and oxygen atoms in total. The Balaban J connectivity index is 1.20. The van der Waals surface area contributed by atoms with Crippen molar-refractivity contribution in [3.63, 3.8) is 0 Å². The van der Waals surface area contributed by atoms with Crippen LogP contribution in [0.4, 0.5) is 20.7 Å². The summed E-state index contributed by atoms with van der Waals surface area (Å²) >= 11 is 0. The Hall–Kier alpha value is -2.71. The second kappa shape index (κ2) is 8.67. The molecule has 1 aromatic heterocycles. The Morgan fingerprint density at radius 1 is 1.03 bits per heavy atom. The number of amides is 2. The van der Waals surface area contributed by atoms with E-state index >= 15 is 0 Å². The van der Waals surface area contributed by atoms with Crippen LogP contribution in [-0.4, -0.2) is 78.1 Å². The highest BCUT2D eigenvalue weighted by Crippen LogP contribution is 2.34. The lowest BCUT2D eigenvalue weighted by Crippen LogP contribution is -2.44. The largest absolute Gasteiger partial charge is 0.396 e. The van der Waals surface area contributed by atoms with Crippen LogP contribution in [0.5, 0.6) is 0 Å². The van der Waals surface area contributed by atoms with Crippen LogP contribution in [0.3, 0.4) is 0 Å². The quantitative estimate of drug-likeness (QED) is 0.771. The van der Waals surface area contributed by atoms with Crippen LogP contribution in [0.25, 0.3) is 11.3 Å². The number of benzene rings is 1. The SMILES string of the molecule is CN1CCC(N2CC3CN(C(=O)Nc4nc(-c5ccc(F)cc5)ccc4N)CC3C2)CC1. The minimum Gasteiger partial charge on any atom is -0.396 e. The van der Waals surface area contributed by atoms with Gasteiger partial charge in [-0.1, -0.05) is 0 Å². The summed E-state index contributed by atoms with van der Waals surface area (Å²) < 4.78 is 13.2.